The Bertz CT molecular complexity index is 499. The van der Waals surface area contributed by atoms with Gasteiger partial charge < -0.3 is 5.73 Å². The number of hydrogen-bond donors (Lipinski definition) is 1. The molecule has 0 heterocycles. The summed E-state index contributed by atoms with van der Waals surface area (Å²) < 4.78 is 76.9. The van der Waals surface area contributed by atoms with E-state index in [1.54, 1.807) is 0 Å². The van der Waals surface area contributed by atoms with Gasteiger partial charge in [-0.1, -0.05) is 18.9 Å². The monoisotopic (exact) mass is 311 g/mol. The molecule has 0 aromatic heterocycles. The Kier molecular flexibility index (Phi) is 4.24. The zero-order valence-electron chi connectivity index (χ0n) is 11.1. The summed E-state index contributed by atoms with van der Waals surface area (Å²) in [6, 6.07) is 0.810. The second-order valence-corrected chi connectivity index (χ2v) is 5.37. The molecule has 2 N–H and O–H groups in total. The number of halogens is 6. The zero-order valence-corrected chi connectivity index (χ0v) is 11.1. The molecular formula is C14H15F6N. The first kappa shape index (κ1) is 16.1. The minimum absolute atomic E-state index is 0.108. The van der Waals surface area contributed by atoms with Gasteiger partial charge in [0.15, 0.2) is 0 Å². The van der Waals surface area contributed by atoms with Gasteiger partial charge in [0.1, 0.15) is 0 Å². The lowest BCUT2D eigenvalue weighted by atomic mass is 9.88. The number of hydrogen-bond acceptors (Lipinski definition) is 1. The van der Waals surface area contributed by atoms with Gasteiger partial charge >= 0.3 is 12.4 Å². The Morgan fingerprint density at radius 2 is 1.52 bits per heavy atom. The van der Waals surface area contributed by atoms with E-state index in [1.807, 2.05) is 0 Å². The van der Waals surface area contributed by atoms with Crippen molar-refractivity contribution < 1.29 is 26.3 Å². The van der Waals surface area contributed by atoms with E-state index < -0.39 is 29.5 Å². The van der Waals surface area contributed by atoms with Gasteiger partial charge in [0, 0.05) is 6.04 Å². The van der Waals surface area contributed by atoms with Crippen molar-refractivity contribution in [3.63, 3.8) is 0 Å². The molecule has 1 nitrogen and oxygen atoms in total. The van der Waals surface area contributed by atoms with Crippen LogP contribution in [-0.2, 0) is 12.4 Å². The average molecular weight is 311 g/mol. The van der Waals surface area contributed by atoms with Gasteiger partial charge in [-0.3, -0.25) is 0 Å². The van der Waals surface area contributed by atoms with Crippen molar-refractivity contribution >= 4 is 0 Å². The first-order valence-electron chi connectivity index (χ1n) is 6.64. The first-order valence-corrected chi connectivity index (χ1v) is 6.64. The second-order valence-electron chi connectivity index (χ2n) is 5.37. The molecule has 0 unspecified atom stereocenters. The average Bonchev–Trinajstić information content (AvgIpc) is 2.89. The predicted molar refractivity (Wildman–Crippen MR) is 65.3 cm³/mol. The van der Waals surface area contributed by atoms with Gasteiger partial charge in [0.05, 0.1) is 11.1 Å². The van der Waals surface area contributed by atoms with Crippen LogP contribution in [0.4, 0.5) is 26.3 Å². The van der Waals surface area contributed by atoms with Gasteiger partial charge in [-0.25, -0.2) is 0 Å². The SMILES string of the molecule is N[C@H](c1ccc(C(F)(F)F)cc1C(F)(F)F)C1CCCC1. The van der Waals surface area contributed by atoms with Gasteiger partial charge in [0.2, 0.25) is 0 Å². The Labute approximate surface area is 118 Å². The Hall–Kier alpha value is -1.24. The lowest BCUT2D eigenvalue weighted by Crippen LogP contribution is -2.24. The quantitative estimate of drug-likeness (QED) is 0.771. The molecule has 1 aliphatic rings. The summed E-state index contributed by atoms with van der Waals surface area (Å²) in [6.45, 7) is 0. The second kappa shape index (κ2) is 5.51. The van der Waals surface area contributed by atoms with E-state index in [1.165, 1.54) is 0 Å². The summed E-state index contributed by atoms with van der Waals surface area (Å²) in [7, 11) is 0. The van der Waals surface area contributed by atoms with Crippen LogP contribution < -0.4 is 5.73 Å². The van der Waals surface area contributed by atoms with E-state index in [-0.39, 0.29) is 17.5 Å². The van der Waals surface area contributed by atoms with Crippen molar-refractivity contribution in [1.29, 1.82) is 0 Å². The maximum absolute atomic E-state index is 13.0. The van der Waals surface area contributed by atoms with Crippen molar-refractivity contribution in [3.05, 3.63) is 34.9 Å². The number of rotatable bonds is 2. The van der Waals surface area contributed by atoms with Crippen LogP contribution in [0.3, 0.4) is 0 Å². The molecule has 1 aromatic carbocycles. The van der Waals surface area contributed by atoms with E-state index in [0.717, 1.165) is 18.9 Å². The molecule has 0 amide bonds. The zero-order chi connectivity index (χ0) is 15.8. The minimum atomic E-state index is -4.85. The summed E-state index contributed by atoms with van der Waals surface area (Å²) in [5, 5.41) is 0. The third-order valence-corrected chi connectivity index (χ3v) is 3.95. The molecule has 1 aromatic rings. The molecule has 1 aliphatic carbocycles. The third kappa shape index (κ3) is 3.51. The van der Waals surface area contributed by atoms with Gasteiger partial charge in [-0.15, -0.1) is 0 Å². The molecule has 1 atom stereocenters. The normalized spacial score (nSPS) is 19.0. The van der Waals surface area contributed by atoms with Crippen LogP contribution in [0.1, 0.15) is 48.4 Å². The molecule has 1 saturated carbocycles. The van der Waals surface area contributed by atoms with E-state index in [4.69, 9.17) is 5.73 Å². The maximum Gasteiger partial charge on any atom is 0.416 e. The fourth-order valence-electron chi connectivity index (χ4n) is 2.84. The van der Waals surface area contributed by atoms with Gasteiger partial charge in [-0.05, 0) is 36.5 Å². The highest BCUT2D eigenvalue weighted by Gasteiger charge is 2.40. The van der Waals surface area contributed by atoms with Gasteiger partial charge in [0.25, 0.3) is 0 Å². The summed E-state index contributed by atoms with van der Waals surface area (Å²) in [5.41, 5.74) is 3.04. The van der Waals surface area contributed by atoms with E-state index in [0.29, 0.717) is 18.9 Å². The Balaban J connectivity index is 2.45. The minimum Gasteiger partial charge on any atom is -0.324 e. The van der Waals surface area contributed by atoms with Gasteiger partial charge in [-0.2, -0.15) is 26.3 Å². The Morgan fingerprint density at radius 3 is 2.00 bits per heavy atom. The largest absolute Gasteiger partial charge is 0.416 e. The molecule has 0 radical (unpaired) electrons. The number of benzene rings is 1. The topological polar surface area (TPSA) is 26.0 Å². The smallest absolute Gasteiger partial charge is 0.324 e. The highest BCUT2D eigenvalue weighted by atomic mass is 19.4. The summed E-state index contributed by atoms with van der Waals surface area (Å²) in [5.74, 6) is -0.108. The predicted octanol–water partition coefficient (Wildman–Crippen LogP) is 4.91. The van der Waals surface area contributed by atoms with Crippen molar-refractivity contribution in [2.75, 3.05) is 0 Å². The molecule has 118 valence electrons. The Morgan fingerprint density at radius 1 is 0.952 bits per heavy atom. The molecule has 0 aliphatic heterocycles. The lowest BCUT2D eigenvalue weighted by Gasteiger charge is -2.24. The first-order chi connectivity index (χ1) is 9.60. The van der Waals surface area contributed by atoms with Crippen LogP contribution in [0, 0.1) is 5.92 Å². The van der Waals surface area contributed by atoms with Crippen molar-refractivity contribution in [2.24, 2.45) is 11.7 Å². The summed E-state index contributed by atoms with van der Waals surface area (Å²) in [4.78, 5) is 0. The van der Waals surface area contributed by atoms with Crippen LogP contribution in [-0.4, -0.2) is 0 Å². The molecule has 2 rings (SSSR count). The highest BCUT2D eigenvalue weighted by Crippen LogP contribution is 2.42. The molecular weight excluding hydrogens is 296 g/mol. The molecule has 0 spiro atoms. The highest BCUT2D eigenvalue weighted by molar-refractivity contribution is 5.37. The van der Waals surface area contributed by atoms with Crippen LogP contribution in [0.5, 0.6) is 0 Å². The van der Waals surface area contributed by atoms with E-state index in [2.05, 4.69) is 0 Å². The van der Waals surface area contributed by atoms with Crippen LogP contribution >= 0.6 is 0 Å². The van der Waals surface area contributed by atoms with Crippen molar-refractivity contribution in [1.82, 2.24) is 0 Å². The molecule has 21 heavy (non-hydrogen) atoms. The van der Waals surface area contributed by atoms with E-state index in [9.17, 15) is 26.3 Å². The van der Waals surface area contributed by atoms with Crippen molar-refractivity contribution in [2.45, 2.75) is 44.1 Å². The third-order valence-electron chi connectivity index (χ3n) is 3.95. The van der Waals surface area contributed by atoms with Crippen LogP contribution in [0.25, 0.3) is 0 Å². The fraction of sp³-hybridized carbons (Fsp3) is 0.571. The summed E-state index contributed by atoms with van der Waals surface area (Å²) >= 11 is 0. The standard InChI is InChI=1S/C14H15F6N/c15-13(16,17)9-5-6-10(11(7-9)14(18,19)20)12(21)8-3-1-2-4-8/h5-8,12H,1-4,21H2/t12-/m0/s1. The lowest BCUT2D eigenvalue weighted by molar-refractivity contribution is -0.143. The summed E-state index contributed by atoms with van der Waals surface area (Å²) in [6.07, 6.45) is -6.47. The number of alkyl halides is 6. The van der Waals surface area contributed by atoms with Crippen molar-refractivity contribution in [3.8, 4) is 0 Å². The van der Waals surface area contributed by atoms with Crippen LogP contribution in [0.2, 0.25) is 0 Å². The maximum atomic E-state index is 13.0. The fourth-order valence-corrected chi connectivity index (χ4v) is 2.84. The molecule has 7 heteroatoms. The molecule has 1 fully saturated rings. The van der Waals surface area contributed by atoms with E-state index >= 15 is 0 Å². The molecule has 0 bridgehead atoms. The number of nitrogens with two attached hydrogens (primary N) is 1. The molecule has 0 saturated heterocycles. The van der Waals surface area contributed by atoms with Crippen LogP contribution in [0.15, 0.2) is 18.2 Å².